The van der Waals surface area contributed by atoms with Gasteiger partial charge < -0.3 is 20.1 Å². The zero-order valence-corrected chi connectivity index (χ0v) is 18.8. The van der Waals surface area contributed by atoms with E-state index in [1.54, 1.807) is 7.11 Å². The lowest BCUT2D eigenvalue weighted by Gasteiger charge is -2.34. The first-order valence-corrected chi connectivity index (χ1v) is 9.30. The summed E-state index contributed by atoms with van der Waals surface area (Å²) in [6.07, 6.45) is 1.79. The van der Waals surface area contributed by atoms with E-state index in [0.29, 0.717) is 12.5 Å². The van der Waals surface area contributed by atoms with Gasteiger partial charge in [0.05, 0.1) is 12.1 Å². The van der Waals surface area contributed by atoms with Crippen molar-refractivity contribution in [1.29, 1.82) is 0 Å². The van der Waals surface area contributed by atoms with E-state index in [1.165, 1.54) is 11.1 Å². The van der Waals surface area contributed by atoms with Crippen molar-refractivity contribution in [2.24, 2.45) is 4.99 Å². The van der Waals surface area contributed by atoms with Crippen LogP contribution in [0.25, 0.3) is 0 Å². The fraction of sp³-hybridized carbons (Fsp3) is 0.650. The molecular formula is C20H34IN3O2. The summed E-state index contributed by atoms with van der Waals surface area (Å²) in [6.45, 7) is 10.3. The van der Waals surface area contributed by atoms with Crippen LogP contribution < -0.4 is 10.6 Å². The molecule has 0 radical (unpaired) electrons. The zero-order chi connectivity index (χ0) is 18.1. The summed E-state index contributed by atoms with van der Waals surface area (Å²) in [7, 11) is 1.78. The number of hydrogen-bond acceptors (Lipinski definition) is 3. The van der Waals surface area contributed by atoms with E-state index in [9.17, 15) is 0 Å². The fourth-order valence-corrected chi connectivity index (χ4v) is 3.08. The van der Waals surface area contributed by atoms with Gasteiger partial charge in [0.25, 0.3) is 0 Å². The molecule has 1 unspecified atom stereocenters. The van der Waals surface area contributed by atoms with Crippen molar-refractivity contribution < 1.29 is 9.47 Å². The van der Waals surface area contributed by atoms with Crippen molar-refractivity contribution in [3.05, 3.63) is 35.4 Å². The van der Waals surface area contributed by atoms with E-state index >= 15 is 0 Å². The molecule has 1 heterocycles. The Bertz CT molecular complexity index is 560. The molecule has 148 valence electrons. The Kier molecular flexibility index (Phi) is 10.5. The summed E-state index contributed by atoms with van der Waals surface area (Å²) in [5, 5.41) is 6.81. The molecule has 0 saturated carbocycles. The number of halogens is 1. The standard InChI is InChI=1S/C20H33N3O2.HI/c1-5-21-19(23-15-20(24-4)9-11-25-12-10-20)22-14-17(3)18-8-6-7-16(2)13-18;/h6-8,13,17H,5,9-12,14-15H2,1-4H3,(H2,21,22,23);1H. The maximum Gasteiger partial charge on any atom is 0.191 e. The summed E-state index contributed by atoms with van der Waals surface area (Å²) >= 11 is 0. The van der Waals surface area contributed by atoms with Gasteiger partial charge >= 0.3 is 0 Å². The van der Waals surface area contributed by atoms with Gasteiger partial charge in [0.15, 0.2) is 5.96 Å². The van der Waals surface area contributed by atoms with Crippen LogP contribution in [0.3, 0.4) is 0 Å². The largest absolute Gasteiger partial charge is 0.381 e. The second kappa shape index (κ2) is 11.8. The third-order valence-electron chi connectivity index (χ3n) is 4.89. The Morgan fingerprint density at radius 2 is 2.04 bits per heavy atom. The third-order valence-corrected chi connectivity index (χ3v) is 4.89. The molecule has 6 heteroatoms. The molecule has 0 spiro atoms. The molecule has 5 nitrogen and oxygen atoms in total. The van der Waals surface area contributed by atoms with Crippen molar-refractivity contribution in [3.8, 4) is 0 Å². The van der Waals surface area contributed by atoms with Gasteiger partial charge in [0.2, 0.25) is 0 Å². The Morgan fingerprint density at radius 1 is 1.31 bits per heavy atom. The van der Waals surface area contributed by atoms with Crippen molar-refractivity contribution in [3.63, 3.8) is 0 Å². The molecule has 1 saturated heterocycles. The van der Waals surface area contributed by atoms with Gasteiger partial charge in [-0.05, 0) is 25.3 Å². The van der Waals surface area contributed by atoms with Gasteiger partial charge in [0.1, 0.15) is 0 Å². The summed E-state index contributed by atoms with van der Waals surface area (Å²) in [5.41, 5.74) is 2.45. The molecule has 1 aromatic carbocycles. The molecule has 1 fully saturated rings. The second-order valence-corrected chi connectivity index (χ2v) is 6.89. The first-order valence-electron chi connectivity index (χ1n) is 9.30. The Hall–Kier alpha value is -0.860. The van der Waals surface area contributed by atoms with Crippen LogP contribution in [0.4, 0.5) is 0 Å². The molecule has 1 atom stereocenters. The highest BCUT2D eigenvalue weighted by Gasteiger charge is 2.32. The third kappa shape index (κ3) is 7.04. The van der Waals surface area contributed by atoms with Gasteiger partial charge in [-0.25, -0.2) is 0 Å². The van der Waals surface area contributed by atoms with Crippen LogP contribution in [0.5, 0.6) is 0 Å². The van der Waals surface area contributed by atoms with E-state index < -0.39 is 0 Å². The number of nitrogens with zero attached hydrogens (tertiary/aromatic N) is 1. The average Bonchev–Trinajstić information content (AvgIpc) is 2.64. The molecule has 1 aliphatic heterocycles. The number of benzene rings is 1. The maximum atomic E-state index is 5.77. The van der Waals surface area contributed by atoms with Crippen LogP contribution in [-0.4, -0.2) is 51.5 Å². The fourth-order valence-electron chi connectivity index (χ4n) is 3.08. The monoisotopic (exact) mass is 475 g/mol. The molecule has 0 bridgehead atoms. The number of aryl methyl sites for hydroxylation is 1. The molecule has 2 N–H and O–H groups in total. The minimum atomic E-state index is -0.192. The zero-order valence-electron chi connectivity index (χ0n) is 16.5. The first-order chi connectivity index (χ1) is 12.1. The number of methoxy groups -OCH3 is 1. The van der Waals surface area contributed by atoms with E-state index in [0.717, 1.165) is 45.1 Å². The summed E-state index contributed by atoms with van der Waals surface area (Å²) in [5.74, 6) is 1.27. The number of rotatable bonds is 7. The highest BCUT2D eigenvalue weighted by atomic mass is 127. The van der Waals surface area contributed by atoms with Gasteiger partial charge in [-0.2, -0.15) is 0 Å². The van der Waals surface area contributed by atoms with Crippen LogP contribution in [-0.2, 0) is 9.47 Å². The van der Waals surface area contributed by atoms with Gasteiger partial charge in [-0.1, -0.05) is 36.8 Å². The lowest BCUT2D eigenvalue weighted by Crippen LogP contribution is -2.44. The maximum absolute atomic E-state index is 5.77. The Morgan fingerprint density at radius 3 is 2.65 bits per heavy atom. The van der Waals surface area contributed by atoms with E-state index in [-0.39, 0.29) is 29.6 Å². The predicted octanol–water partition coefficient (Wildman–Crippen LogP) is 3.47. The quantitative estimate of drug-likeness (QED) is 0.360. The number of guanidine groups is 1. The predicted molar refractivity (Wildman–Crippen MR) is 119 cm³/mol. The lowest BCUT2D eigenvalue weighted by molar-refractivity contribution is -0.0828. The highest BCUT2D eigenvalue weighted by molar-refractivity contribution is 14.0. The highest BCUT2D eigenvalue weighted by Crippen LogP contribution is 2.24. The van der Waals surface area contributed by atoms with Crippen molar-refractivity contribution >= 4 is 29.9 Å². The molecular weight excluding hydrogens is 441 g/mol. The van der Waals surface area contributed by atoms with Crippen LogP contribution >= 0.6 is 24.0 Å². The minimum absolute atomic E-state index is 0. The van der Waals surface area contributed by atoms with Crippen molar-refractivity contribution in [2.75, 3.05) is 40.0 Å². The number of nitrogens with one attached hydrogen (secondary N) is 2. The normalized spacial score (nSPS) is 17.9. The van der Waals surface area contributed by atoms with E-state index in [1.807, 2.05) is 0 Å². The van der Waals surface area contributed by atoms with Gasteiger partial charge in [0, 0.05) is 46.3 Å². The van der Waals surface area contributed by atoms with Crippen LogP contribution in [0.1, 0.15) is 43.7 Å². The topological polar surface area (TPSA) is 54.9 Å². The van der Waals surface area contributed by atoms with E-state index in [4.69, 9.17) is 14.5 Å². The first kappa shape index (κ1) is 23.2. The van der Waals surface area contributed by atoms with Crippen LogP contribution in [0.15, 0.2) is 29.3 Å². The lowest BCUT2D eigenvalue weighted by atomic mass is 9.94. The Labute approximate surface area is 175 Å². The Balaban J connectivity index is 0.00000338. The van der Waals surface area contributed by atoms with Gasteiger partial charge in [-0.3, -0.25) is 4.99 Å². The second-order valence-electron chi connectivity index (χ2n) is 6.89. The minimum Gasteiger partial charge on any atom is -0.381 e. The molecule has 2 rings (SSSR count). The summed E-state index contributed by atoms with van der Waals surface area (Å²) < 4.78 is 11.2. The molecule has 0 aromatic heterocycles. The molecule has 1 aromatic rings. The average molecular weight is 475 g/mol. The van der Waals surface area contributed by atoms with Crippen LogP contribution in [0, 0.1) is 6.92 Å². The molecule has 0 aliphatic carbocycles. The summed E-state index contributed by atoms with van der Waals surface area (Å²) in [4.78, 5) is 4.78. The van der Waals surface area contributed by atoms with Crippen molar-refractivity contribution in [2.45, 2.75) is 45.1 Å². The smallest absolute Gasteiger partial charge is 0.191 e. The SMILES string of the molecule is CCNC(=NCC1(OC)CCOCC1)NCC(C)c1cccc(C)c1.I. The van der Waals surface area contributed by atoms with E-state index in [2.05, 4.69) is 55.7 Å². The number of ether oxygens (including phenoxy) is 2. The number of hydrogen-bond donors (Lipinski definition) is 2. The van der Waals surface area contributed by atoms with Gasteiger partial charge in [-0.15, -0.1) is 24.0 Å². The number of aliphatic imine (C=N–C) groups is 1. The van der Waals surface area contributed by atoms with Crippen molar-refractivity contribution in [1.82, 2.24) is 10.6 Å². The molecule has 26 heavy (non-hydrogen) atoms. The molecule has 0 amide bonds. The summed E-state index contributed by atoms with van der Waals surface area (Å²) in [6, 6.07) is 8.69. The molecule has 1 aliphatic rings. The van der Waals surface area contributed by atoms with Crippen LogP contribution in [0.2, 0.25) is 0 Å².